The molecule has 1 aromatic heterocycles. The van der Waals surface area contributed by atoms with Crippen molar-refractivity contribution >= 4 is 17.3 Å². The second kappa shape index (κ2) is 5.42. The summed E-state index contributed by atoms with van der Waals surface area (Å²) in [4.78, 5) is 17.2. The van der Waals surface area contributed by atoms with Crippen LogP contribution < -0.4 is 10.2 Å². The van der Waals surface area contributed by atoms with E-state index in [0.29, 0.717) is 17.6 Å². The zero-order valence-corrected chi connectivity index (χ0v) is 11.6. The molecule has 0 amide bonds. The fourth-order valence-corrected chi connectivity index (χ4v) is 2.66. The topological polar surface area (TPSA) is 71.3 Å². The van der Waals surface area contributed by atoms with E-state index in [4.69, 9.17) is 0 Å². The molecule has 0 bridgehead atoms. The zero-order valence-electron chi connectivity index (χ0n) is 11.6. The van der Waals surface area contributed by atoms with Crippen molar-refractivity contribution in [2.24, 2.45) is 5.92 Å². The molecule has 2 unspecified atom stereocenters. The summed E-state index contributed by atoms with van der Waals surface area (Å²) in [6.45, 7) is 5.15. The van der Waals surface area contributed by atoms with E-state index in [0.717, 1.165) is 19.4 Å². The highest BCUT2D eigenvalue weighted by atomic mass is 16.6. The molecule has 0 aromatic carbocycles. The van der Waals surface area contributed by atoms with Gasteiger partial charge in [-0.2, -0.15) is 0 Å². The van der Waals surface area contributed by atoms with Crippen molar-refractivity contribution in [3.8, 4) is 0 Å². The highest BCUT2D eigenvalue weighted by Gasteiger charge is 2.29. The van der Waals surface area contributed by atoms with Gasteiger partial charge < -0.3 is 10.2 Å². The number of pyridine rings is 1. The van der Waals surface area contributed by atoms with Gasteiger partial charge in [0.15, 0.2) is 0 Å². The van der Waals surface area contributed by atoms with Crippen molar-refractivity contribution in [2.75, 3.05) is 23.8 Å². The fourth-order valence-electron chi connectivity index (χ4n) is 2.66. The molecule has 0 saturated carbocycles. The summed E-state index contributed by atoms with van der Waals surface area (Å²) in [5, 5.41) is 14.1. The largest absolute Gasteiger partial charge is 0.373 e. The molecule has 0 radical (unpaired) electrons. The van der Waals surface area contributed by atoms with Crippen LogP contribution in [0.1, 0.15) is 26.7 Å². The van der Waals surface area contributed by atoms with Crippen LogP contribution >= 0.6 is 0 Å². The van der Waals surface area contributed by atoms with E-state index in [1.807, 2.05) is 0 Å². The van der Waals surface area contributed by atoms with E-state index in [2.05, 4.69) is 29.0 Å². The average molecular weight is 264 g/mol. The summed E-state index contributed by atoms with van der Waals surface area (Å²) in [5.74, 6) is 1.81. The molecule has 2 rings (SSSR count). The first kappa shape index (κ1) is 13.6. The summed E-state index contributed by atoms with van der Waals surface area (Å²) in [5.41, 5.74) is 0.0837. The van der Waals surface area contributed by atoms with Crippen LogP contribution in [0.15, 0.2) is 12.1 Å². The normalized spacial score (nSPS) is 23.2. The van der Waals surface area contributed by atoms with Gasteiger partial charge >= 0.3 is 5.69 Å². The predicted octanol–water partition coefficient (Wildman–Crippen LogP) is 2.66. The molecule has 1 aromatic rings. The van der Waals surface area contributed by atoms with Crippen molar-refractivity contribution in [3.05, 3.63) is 22.2 Å². The quantitative estimate of drug-likeness (QED) is 0.671. The Bertz CT molecular complexity index is 478. The molecular weight excluding hydrogens is 244 g/mol. The minimum absolute atomic E-state index is 0.0837. The highest BCUT2D eigenvalue weighted by molar-refractivity contribution is 5.62. The van der Waals surface area contributed by atoms with Gasteiger partial charge in [0.05, 0.1) is 4.92 Å². The SMILES string of the molecule is CNc1ccc([N+](=O)[O-])c(N2CCC(C)CC2C)n1. The second-order valence-corrected chi connectivity index (χ2v) is 5.22. The number of anilines is 2. The van der Waals surface area contributed by atoms with Gasteiger partial charge in [-0.15, -0.1) is 0 Å². The van der Waals surface area contributed by atoms with Gasteiger partial charge in [0.1, 0.15) is 5.82 Å². The number of rotatable bonds is 3. The first-order valence-corrected chi connectivity index (χ1v) is 6.62. The van der Waals surface area contributed by atoms with E-state index < -0.39 is 0 Å². The van der Waals surface area contributed by atoms with Crippen LogP contribution in [0.4, 0.5) is 17.3 Å². The Morgan fingerprint density at radius 2 is 2.21 bits per heavy atom. The lowest BCUT2D eigenvalue weighted by Gasteiger charge is -2.37. The molecule has 2 heterocycles. The number of nitrogens with zero attached hydrogens (tertiary/aromatic N) is 3. The summed E-state index contributed by atoms with van der Waals surface area (Å²) in [6, 6.07) is 3.44. The number of hydrogen-bond acceptors (Lipinski definition) is 5. The lowest BCUT2D eigenvalue weighted by atomic mass is 9.93. The van der Waals surface area contributed by atoms with Crippen LogP contribution in [0.25, 0.3) is 0 Å². The second-order valence-electron chi connectivity index (χ2n) is 5.22. The maximum atomic E-state index is 11.2. The van der Waals surface area contributed by atoms with Gasteiger partial charge in [-0.1, -0.05) is 6.92 Å². The Morgan fingerprint density at radius 1 is 1.47 bits per heavy atom. The third kappa shape index (κ3) is 2.77. The van der Waals surface area contributed by atoms with E-state index in [1.165, 1.54) is 6.07 Å². The predicted molar refractivity (Wildman–Crippen MR) is 75.6 cm³/mol. The van der Waals surface area contributed by atoms with E-state index in [9.17, 15) is 10.1 Å². The number of piperidine rings is 1. The zero-order chi connectivity index (χ0) is 14.0. The van der Waals surface area contributed by atoms with Crippen molar-refractivity contribution in [3.63, 3.8) is 0 Å². The number of nitrogens with one attached hydrogen (secondary N) is 1. The number of nitro groups is 1. The number of aromatic nitrogens is 1. The Labute approximate surface area is 113 Å². The van der Waals surface area contributed by atoms with Gasteiger partial charge in [0, 0.05) is 25.7 Å². The van der Waals surface area contributed by atoms with Crippen molar-refractivity contribution in [1.82, 2.24) is 4.98 Å². The molecule has 1 aliphatic rings. The molecule has 104 valence electrons. The first-order chi connectivity index (χ1) is 9.02. The molecule has 6 nitrogen and oxygen atoms in total. The van der Waals surface area contributed by atoms with E-state index in [1.54, 1.807) is 13.1 Å². The summed E-state index contributed by atoms with van der Waals surface area (Å²) < 4.78 is 0. The highest BCUT2D eigenvalue weighted by Crippen LogP contribution is 2.33. The number of hydrogen-bond donors (Lipinski definition) is 1. The van der Waals surface area contributed by atoms with Gasteiger partial charge in [0.2, 0.25) is 5.82 Å². The Balaban J connectivity index is 2.38. The monoisotopic (exact) mass is 264 g/mol. The lowest BCUT2D eigenvalue weighted by molar-refractivity contribution is -0.384. The standard InChI is InChI=1S/C13H20N4O2/c1-9-6-7-16(10(2)8-9)13-11(17(18)19)4-5-12(14-3)15-13/h4-5,9-10H,6-8H2,1-3H3,(H,14,15). The summed E-state index contributed by atoms with van der Waals surface area (Å²) in [7, 11) is 1.76. The van der Waals surface area contributed by atoms with Gasteiger partial charge in [-0.25, -0.2) is 4.98 Å². The molecular formula is C13H20N4O2. The molecule has 0 spiro atoms. The molecule has 6 heteroatoms. The van der Waals surface area contributed by atoms with Crippen LogP contribution in [0, 0.1) is 16.0 Å². The van der Waals surface area contributed by atoms with Crippen LogP contribution in [-0.4, -0.2) is 29.5 Å². The summed E-state index contributed by atoms with van der Waals surface area (Å²) >= 11 is 0. The van der Waals surface area contributed by atoms with Gasteiger partial charge in [0.25, 0.3) is 0 Å². The van der Waals surface area contributed by atoms with Crippen LogP contribution in [0.2, 0.25) is 0 Å². The van der Waals surface area contributed by atoms with Crippen LogP contribution in [-0.2, 0) is 0 Å². The first-order valence-electron chi connectivity index (χ1n) is 6.62. The van der Waals surface area contributed by atoms with Crippen molar-refractivity contribution in [1.29, 1.82) is 0 Å². The third-order valence-electron chi connectivity index (χ3n) is 3.72. The van der Waals surface area contributed by atoms with E-state index in [-0.39, 0.29) is 16.7 Å². The van der Waals surface area contributed by atoms with E-state index >= 15 is 0 Å². The van der Waals surface area contributed by atoms with Crippen LogP contribution in [0.3, 0.4) is 0 Å². The Hall–Kier alpha value is -1.85. The van der Waals surface area contributed by atoms with Crippen molar-refractivity contribution in [2.45, 2.75) is 32.7 Å². The maximum Gasteiger partial charge on any atom is 0.311 e. The maximum absolute atomic E-state index is 11.2. The average Bonchev–Trinajstić information content (AvgIpc) is 2.38. The fraction of sp³-hybridized carbons (Fsp3) is 0.615. The van der Waals surface area contributed by atoms with Gasteiger partial charge in [-0.3, -0.25) is 10.1 Å². The summed E-state index contributed by atoms with van der Waals surface area (Å²) in [6.07, 6.45) is 2.09. The smallest absolute Gasteiger partial charge is 0.311 e. The molecule has 1 aliphatic heterocycles. The van der Waals surface area contributed by atoms with Crippen LogP contribution in [0.5, 0.6) is 0 Å². The lowest BCUT2D eigenvalue weighted by Crippen LogP contribution is -2.41. The molecule has 1 fully saturated rings. The van der Waals surface area contributed by atoms with Gasteiger partial charge in [-0.05, 0) is 31.7 Å². The molecule has 1 saturated heterocycles. The minimum atomic E-state index is -0.355. The van der Waals surface area contributed by atoms with Crippen molar-refractivity contribution < 1.29 is 4.92 Å². The Kier molecular flexibility index (Phi) is 3.87. The molecule has 0 aliphatic carbocycles. The molecule has 2 atom stereocenters. The molecule has 1 N–H and O–H groups in total. The molecule has 19 heavy (non-hydrogen) atoms. The minimum Gasteiger partial charge on any atom is -0.373 e. The Morgan fingerprint density at radius 3 is 2.79 bits per heavy atom. The third-order valence-corrected chi connectivity index (χ3v) is 3.72.